The van der Waals surface area contributed by atoms with E-state index in [-0.39, 0.29) is 6.10 Å². The average Bonchev–Trinajstić information content (AvgIpc) is 2.79. The standard InChI is InChI=1S/C13H21NO3.C11H17NO3/c1-9(2)17-13-8-11(15-3)10(5-6-14)7-12(13)16-4;1-13-9-7-11(15-3)10(14-2)6-8(9)4-5-12/h7-9H,5-6,14H2,1-4H3;6-7H,4-5,12H2,1-3H3. The third-order valence-electron chi connectivity index (χ3n) is 4.54. The maximum atomic E-state index is 5.68. The zero-order valence-corrected chi connectivity index (χ0v) is 20.3. The molecule has 0 spiro atoms. The number of hydrogen-bond donors (Lipinski definition) is 2. The van der Waals surface area contributed by atoms with Crippen molar-refractivity contribution in [3.05, 3.63) is 35.4 Å². The molecule has 2 aromatic rings. The molecular weight excluding hydrogens is 412 g/mol. The molecule has 0 amide bonds. The summed E-state index contributed by atoms with van der Waals surface area (Å²) < 4.78 is 31.9. The highest BCUT2D eigenvalue weighted by Gasteiger charge is 2.13. The van der Waals surface area contributed by atoms with Crippen molar-refractivity contribution in [3.8, 4) is 34.5 Å². The molecule has 0 heterocycles. The van der Waals surface area contributed by atoms with Gasteiger partial charge >= 0.3 is 0 Å². The van der Waals surface area contributed by atoms with E-state index >= 15 is 0 Å². The Morgan fingerprint density at radius 2 is 0.906 bits per heavy atom. The molecule has 2 aromatic carbocycles. The Labute approximate surface area is 191 Å². The van der Waals surface area contributed by atoms with Crippen molar-refractivity contribution >= 4 is 0 Å². The topological polar surface area (TPSA) is 107 Å². The zero-order valence-electron chi connectivity index (χ0n) is 20.3. The summed E-state index contributed by atoms with van der Waals surface area (Å²) in [5.41, 5.74) is 13.1. The molecule has 0 saturated carbocycles. The Balaban J connectivity index is 0.000000323. The van der Waals surface area contributed by atoms with E-state index in [4.69, 9.17) is 39.9 Å². The summed E-state index contributed by atoms with van der Waals surface area (Å²) in [6.45, 7) is 5.09. The van der Waals surface area contributed by atoms with Crippen LogP contribution in [0.4, 0.5) is 0 Å². The summed E-state index contributed by atoms with van der Waals surface area (Å²) in [5.74, 6) is 4.32. The van der Waals surface area contributed by atoms with Crippen LogP contribution in [-0.2, 0) is 12.8 Å². The Morgan fingerprint density at radius 3 is 1.25 bits per heavy atom. The number of rotatable bonds is 11. The van der Waals surface area contributed by atoms with E-state index < -0.39 is 0 Å². The Kier molecular flexibility index (Phi) is 12.1. The number of hydrogen-bond acceptors (Lipinski definition) is 8. The van der Waals surface area contributed by atoms with Gasteiger partial charge in [-0.3, -0.25) is 0 Å². The van der Waals surface area contributed by atoms with E-state index in [1.54, 1.807) is 35.5 Å². The normalized spacial score (nSPS) is 10.2. The van der Waals surface area contributed by atoms with Gasteiger partial charge in [-0.05, 0) is 63.0 Å². The molecule has 0 unspecified atom stereocenters. The third kappa shape index (κ3) is 7.69. The van der Waals surface area contributed by atoms with Crippen LogP contribution < -0.4 is 39.9 Å². The molecule has 32 heavy (non-hydrogen) atoms. The van der Waals surface area contributed by atoms with Crippen LogP contribution in [0, 0.1) is 0 Å². The quantitative estimate of drug-likeness (QED) is 0.537. The first kappa shape index (κ1) is 27.2. The monoisotopic (exact) mass is 450 g/mol. The Bertz CT molecular complexity index is 827. The van der Waals surface area contributed by atoms with Gasteiger partial charge < -0.3 is 39.9 Å². The van der Waals surface area contributed by atoms with Crippen LogP contribution in [0.3, 0.4) is 0 Å². The summed E-state index contributed by atoms with van der Waals surface area (Å²) >= 11 is 0. The van der Waals surface area contributed by atoms with Crippen LogP contribution >= 0.6 is 0 Å². The third-order valence-corrected chi connectivity index (χ3v) is 4.54. The largest absolute Gasteiger partial charge is 0.496 e. The lowest BCUT2D eigenvalue weighted by atomic mass is 10.1. The molecule has 0 atom stereocenters. The highest BCUT2D eigenvalue weighted by atomic mass is 16.5. The van der Waals surface area contributed by atoms with Crippen molar-refractivity contribution in [2.45, 2.75) is 32.8 Å². The summed E-state index contributed by atoms with van der Waals surface area (Å²) in [6.07, 6.45) is 1.60. The highest BCUT2D eigenvalue weighted by molar-refractivity contribution is 5.51. The number of ether oxygens (including phenoxy) is 6. The van der Waals surface area contributed by atoms with E-state index in [1.807, 2.05) is 38.1 Å². The van der Waals surface area contributed by atoms with Gasteiger partial charge in [-0.25, -0.2) is 0 Å². The molecule has 8 nitrogen and oxygen atoms in total. The lowest BCUT2D eigenvalue weighted by Crippen LogP contribution is -2.09. The first-order valence-corrected chi connectivity index (χ1v) is 10.5. The molecule has 0 bridgehead atoms. The van der Waals surface area contributed by atoms with Crippen LogP contribution in [0.25, 0.3) is 0 Å². The minimum absolute atomic E-state index is 0.0916. The molecule has 180 valence electrons. The van der Waals surface area contributed by atoms with Gasteiger partial charge in [0.1, 0.15) is 11.5 Å². The van der Waals surface area contributed by atoms with E-state index in [2.05, 4.69) is 0 Å². The van der Waals surface area contributed by atoms with Crippen LogP contribution in [0.15, 0.2) is 24.3 Å². The molecule has 4 N–H and O–H groups in total. The second-order valence-corrected chi connectivity index (χ2v) is 7.08. The molecule has 8 heteroatoms. The summed E-state index contributed by atoms with van der Waals surface area (Å²) in [5, 5.41) is 0. The maximum Gasteiger partial charge on any atom is 0.165 e. The second kappa shape index (κ2) is 14.3. The molecule has 0 fully saturated rings. The minimum Gasteiger partial charge on any atom is -0.496 e. The first-order valence-electron chi connectivity index (χ1n) is 10.5. The second-order valence-electron chi connectivity index (χ2n) is 7.08. The molecule has 0 aliphatic rings. The van der Waals surface area contributed by atoms with Gasteiger partial charge in [-0.1, -0.05) is 0 Å². The summed E-state index contributed by atoms with van der Waals surface area (Å²) in [6, 6.07) is 7.47. The van der Waals surface area contributed by atoms with Gasteiger partial charge in [-0.2, -0.15) is 0 Å². The number of nitrogens with two attached hydrogens (primary N) is 2. The molecule has 2 rings (SSSR count). The fraction of sp³-hybridized carbons (Fsp3) is 0.500. The van der Waals surface area contributed by atoms with Crippen molar-refractivity contribution in [1.82, 2.24) is 0 Å². The van der Waals surface area contributed by atoms with Gasteiger partial charge in [0, 0.05) is 12.1 Å². The van der Waals surface area contributed by atoms with Crippen molar-refractivity contribution in [2.24, 2.45) is 11.5 Å². The maximum absolute atomic E-state index is 5.68. The predicted octanol–water partition coefficient (Wildman–Crippen LogP) is 3.21. The predicted molar refractivity (Wildman–Crippen MR) is 127 cm³/mol. The van der Waals surface area contributed by atoms with Gasteiger partial charge in [0.05, 0.1) is 41.7 Å². The van der Waals surface area contributed by atoms with Crippen LogP contribution in [-0.4, -0.2) is 54.7 Å². The van der Waals surface area contributed by atoms with Gasteiger partial charge in [0.2, 0.25) is 0 Å². The molecule has 0 saturated heterocycles. The van der Waals surface area contributed by atoms with E-state index in [0.29, 0.717) is 36.1 Å². The molecule has 0 aliphatic heterocycles. The molecule has 0 radical (unpaired) electrons. The fourth-order valence-corrected chi connectivity index (χ4v) is 3.07. The van der Waals surface area contributed by atoms with Crippen molar-refractivity contribution < 1.29 is 28.4 Å². The van der Waals surface area contributed by atoms with Crippen LogP contribution in [0.1, 0.15) is 25.0 Å². The average molecular weight is 451 g/mol. The first-order chi connectivity index (χ1) is 15.4. The summed E-state index contributed by atoms with van der Waals surface area (Å²) in [7, 11) is 8.10. The molecular formula is C24H38N2O6. The van der Waals surface area contributed by atoms with Crippen LogP contribution in [0.2, 0.25) is 0 Å². The molecule has 0 aromatic heterocycles. The Morgan fingerprint density at radius 1 is 0.562 bits per heavy atom. The van der Waals surface area contributed by atoms with Crippen molar-refractivity contribution in [1.29, 1.82) is 0 Å². The van der Waals surface area contributed by atoms with E-state index in [1.165, 1.54) is 0 Å². The highest BCUT2D eigenvalue weighted by Crippen LogP contribution is 2.36. The Hall–Kier alpha value is -2.84. The lowest BCUT2D eigenvalue weighted by Gasteiger charge is -2.17. The number of benzene rings is 2. The fourth-order valence-electron chi connectivity index (χ4n) is 3.07. The van der Waals surface area contributed by atoms with Gasteiger partial charge in [0.25, 0.3) is 0 Å². The van der Waals surface area contributed by atoms with E-state index in [0.717, 1.165) is 35.5 Å². The number of methoxy groups -OCH3 is 5. The lowest BCUT2D eigenvalue weighted by molar-refractivity contribution is 0.228. The summed E-state index contributed by atoms with van der Waals surface area (Å²) in [4.78, 5) is 0. The zero-order chi connectivity index (χ0) is 24.1. The minimum atomic E-state index is 0.0916. The molecule has 0 aliphatic carbocycles. The van der Waals surface area contributed by atoms with E-state index in [9.17, 15) is 0 Å². The smallest absolute Gasteiger partial charge is 0.165 e. The van der Waals surface area contributed by atoms with Gasteiger partial charge in [0.15, 0.2) is 23.0 Å². The van der Waals surface area contributed by atoms with Crippen molar-refractivity contribution in [3.63, 3.8) is 0 Å². The van der Waals surface area contributed by atoms with Gasteiger partial charge in [-0.15, -0.1) is 0 Å². The SMILES string of the molecule is COc1cc(OC(C)C)c(OC)cc1CCN.COc1cc(OC)c(OC)cc1CCN. The van der Waals surface area contributed by atoms with Crippen LogP contribution in [0.5, 0.6) is 34.5 Å². The van der Waals surface area contributed by atoms with Crippen molar-refractivity contribution in [2.75, 3.05) is 48.6 Å².